The van der Waals surface area contributed by atoms with Crippen LogP contribution in [0.4, 0.5) is 21.6 Å². The Balaban J connectivity index is 1.68. The first-order chi connectivity index (χ1) is 11.6. The van der Waals surface area contributed by atoms with Gasteiger partial charge in [0.15, 0.2) is 0 Å². The Morgan fingerprint density at radius 2 is 1.79 bits per heavy atom. The number of hydrogen-bond acceptors (Lipinski definition) is 4. The molecule has 1 aromatic heterocycles. The minimum Gasteiger partial charge on any atom is -0.339 e. The fourth-order valence-electron chi connectivity index (χ4n) is 1.99. The van der Waals surface area contributed by atoms with Crippen LogP contribution in [0.3, 0.4) is 0 Å². The molecule has 0 aliphatic rings. The monoisotopic (exact) mass is 342 g/mol. The number of anilines is 3. The molecule has 0 fully saturated rings. The summed E-state index contributed by atoms with van der Waals surface area (Å²) in [5.41, 5.74) is 1.23. The van der Waals surface area contributed by atoms with Crippen molar-refractivity contribution < 1.29 is 9.18 Å². The van der Waals surface area contributed by atoms with Crippen LogP contribution >= 0.6 is 11.6 Å². The lowest BCUT2D eigenvalue weighted by Crippen LogP contribution is -2.14. The molecule has 5 nitrogen and oxygen atoms in total. The van der Waals surface area contributed by atoms with Gasteiger partial charge in [0, 0.05) is 16.4 Å². The normalized spacial score (nSPS) is 10.2. The maximum absolute atomic E-state index is 13.1. The highest BCUT2D eigenvalue weighted by Gasteiger charge is 2.09. The Hall–Kier alpha value is -2.99. The van der Waals surface area contributed by atoms with Gasteiger partial charge in [0.05, 0.1) is 12.4 Å². The number of aromatic nitrogens is 2. The van der Waals surface area contributed by atoms with E-state index in [0.29, 0.717) is 16.5 Å². The van der Waals surface area contributed by atoms with Gasteiger partial charge in [-0.05, 0) is 36.4 Å². The minimum absolute atomic E-state index is 0.121. The van der Waals surface area contributed by atoms with E-state index in [9.17, 15) is 9.18 Å². The van der Waals surface area contributed by atoms with Crippen LogP contribution in [-0.4, -0.2) is 15.9 Å². The van der Waals surface area contributed by atoms with Crippen molar-refractivity contribution in [2.24, 2.45) is 0 Å². The van der Waals surface area contributed by atoms with Crippen LogP contribution < -0.4 is 10.6 Å². The van der Waals surface area contributed by atoms with Gasteiger partial charge in [-0.3, -0.25) is 4.79 Å². The highest BCUT2D eigenvalue weighted by Crippen LogP contribution is 2.18. The highest BCUT2D eigenvalue weighted by molar-refractivity contribution is 6.30. The molecule has 0 spiro atoms. The molecular formula is C17H12ClFN4O. The van der Waals surface area contributed by atoms with Crippen molar-refractivity contribution >= 4 is 34.7 Å². The number of rotatable bonds is 4. The topological polar surface area (TPSA) is 66.9 Å². The van der Waals surface area contributed by atoms with E-state index in [1.807, 2.05) is 6.07 Å². The van der Waals surface area contributed by atoms with E-state index < -0.39 is 11.7 Å². The molecule has 0 radical (unpaired) electrons. The zero-order valence-corrected chi connectivity index (χ0v) is 13.1. The Labute approximate surface area is 142 Å². The van der Waals surface area contributed by atoms with Gasteiger partial charge in [-0.2, -0.15) is 0 Å². The molecule has 0 aliphatic carbocycles. The van der Waals surface area contributed by atoms with Crippen LogP contribution in [0.25, 0.3) is 0 Å². The van der Waals surface area contributed by atoms with Crippen LogP contribution in [0.15, 0.2) is 60.9 Å². The molecule has 0 atom stereocenters. The zero-order chi connectivity index (χ0) is 16.9. The summed E-state index contributed by atoms with van der Waals surface area (Å²) in [5, 5.41) is 6.18. The summed E-state index contributed by atoms with van der Waals surface area (Å²) in [4.78, 5) is 20.3. The SMILES string of the molecule is O=C(Nc1cccc(F)c1)c1cnc(Nc2cccc(Cl)c2)cn1. The number of nitrogens with zero attached hydrogens (tertiary/aromatic N) is 2. The third-order valence-electron chi connectivity index (χ3n) is 3.06. The number of carbonyl (C=O) groups is 1. The number of benzene rings is 2. The molecule has 24 heavy (non-hydrogen) atoms. The summed E-state index contributed by atoms with van der Waals surface area (Å²) < 4.78 is 13.1. The van der Waals surface area contributed by atoms with E-state index in [2.05, 4.69) is 20.6 Å². The highest BCUT2D eigenvalue weighted by atomic mass is 35.5. The number of carbonyl (C=O) groups excluding carboxylic acids is 1. The van der Waals surface area contributed by atoms with E-state index in [0.717, 1.165) is 5.69 Å². The second kappa shape index (κ2) is 7.06. The molecule has 2 N–H and O–H groups in total. The Kier molecular flexibility index (Phi) is 4.67. The third-order valence-corrected chi connectivity index (χ3v) is 3.30. The summed E-state index contributed by atoms with van der Waals surface area (Å²) >= 11 is 5.91. The predicted octanol–water partition coefficient (Wildman–Crippen LogP) is 4.27. The van der Waals surface area contributed by atoms with Crippen LogP contribution in [-0.2, 0) is 0 Å². The van der Waals surface area contributed by atoms with Crippen molar-refractivity contribution in [1.29, 1.82) is 0 Å². The molecule has 0 saturated carbocycles. The van der Waals surface area contributed by atoms with E-state index in [-0.39, 0.29) is 5.69 Å². The Bertz CT molecular complexity index is 870. The van der Waals surface area contributed by atoms with Gasteiger partial charge >= 0.3 is 0 Å². The lowest BCUT2D eigenvalue weighted by atomic mass is 10.3. The summed E-state index contributed by atoms with van der Waals surface area (Å²) in [6.45, 7) is 0. The summed E-state index contributed by atoms with van der Waals surface area (Å²) in [5.74, 6) is -0.429. The fraction of sp³-hybridized carbons (Fsp3) is 0. The second-order valence-corrected chi connectivity index (χ2v) is 5.32. The van der Waals surface area contributed by atoms with Crippen LogP contribution in [0.1, 0.15) is 10.5 Å². The summed E-state index contributed by atoms with van der Waals surface area (Å²) in [6, 6.07) is 12.8. The molecule has 0 bridgehead atoms. The minimum atomic E-state index is -0.470. The van der Waals surface area contributed by atoms with Gasteiger partial charge in [0.1, 0.15) is 17.3 Å². The standard InChI is InChI=1S/C17H12ClFN4O/c18-11-3-1-5-13(7-11)22-16-10-20-15(9-21-16)17(24)23-14-6-2-4-12(19)8-14/h1-10H,(H,21,22)(H,23,24). The van der Waals surface area contributed by atoms with Crippen molar-refractivity contribution in [2.75, 3.05) is 10.6 Å². The van der Waals surface area contributed by atoms with Gasteiger partial charge in [0.2, 0.25) is 0 Å². The Morgan fingerprint density at radius 3 is 2.50 bits per heavy atom. The van der Waals surface area contributed by atoms with Crippen LogP contribution in [0, 0.1) is 5.82 Å². The third kappa shape index (κ3) is 4.05. The second-order valence-electron chi connectivity index (χ2n) is 4.89. The van der Waals surface area contributed by atoms with Crippen LogP contribution in [0.5, 0.6) is 0 Å². The summed E-state index contributed by atoms with van der Waals surface area (Å²) in [7, 11) is 0. The molecule has 3 rings (SSSR count). The molecule has 0 unspecified atom stereocenters. The van der Waals surface area contributed by atoms with E-state index in [1.165, 1.54) is 30.6 Å². The molecule has 7 heteroatoms. The molecule has 3 aromatic rings. The lowest BCUT2D eigenvalue weighted by molar-refractivity contribution is 0.102. The lowest BCUT2D eigenvalue weighted by Gasteiger charge is -2.07. The Morgan fingerprint density at radius 1 is 1.00 bits per heavy atom. The quantitative estimate of drug-likeness (QED) is 0.743. The van der Waals surface area contributed by atoms with Crippen molar-refractivity contribution in [3.8, 4) is 0 Å². The molecule has 0 aliphatic heterocycles. The fourth-order valence-corrected chi connectivity index (χ4v) is 2.18. The van der Waals surface area contributed by atoms with Gasteiger partial charge in [-0.1, -0.05) is 23.7 Å². The molecule has 120 valence electrons. The first-order valence-corrected chi connectivity index (χ1v) is 7.39. The van der Waals surface area contributed by atoms with E-state index in [4.69, 9.17) is 11.6 Å². The molecule has 1 heterocycles. The molecular weight excluding hydrogens is 331 g/mol. The van der Waals surface area contributed by atoms with Gasteiger partial charge in [-0.15, -0.1) is 0 Å². The number of hydrogen-bond donors (Lipinski definition) is 2. The average molecular weight is 343 g/mol. The molecule has 1 amide bonds. The zero-order valence-electron chi connectivity index (χ0n) is 12.3. The maximum Gasteiger partial charge on any atom is 0.275 e. The van der Waals surface area contributed by atoms with Crippen molar-refractivity contribution in [3.05, 3.63) is 77.5 Å². The maximum atomic E-state index is 13.1. The molecule has 2 aromatic carbocycles. The van der Waals surface area contributed by atoms with Crippen LogP contribution in [0.2, 0.25) is 5.02 Å². The average Bonchev–Trinajstić information content (AvgIpc) is 2.55. The van der Waals surface area contributed by atoms with Gasteiger partial charge in [-0.25, -0.2) is 14.4 Å². The van der Waals surface area contributed by atoms with E-state index >= 15 is 0 Å². The van der Waals surface area contributed by atoms with Crippen molar-refractivity contribution in [2.45, 2.75) is 0 Å². The number of halogens is 2. The first-order valence-electron chi connectivity index (χ1n) is 7.02. The molecule has 0 saturated heterocycles. The van der Waals surface area contributed by atoms with Crippen molar-refractivity contribution in [3.63, 3.8) is 0 Å². The van der Waals surface area contributed by atoms with Gasteiger partial charge in [0.25, 0.3) is 5.91 Å². The smallest absolute Gasteiger partial charge is 0.275 e. The number of amides is 1. The van der Waals surface area contributed by atoms with Gasteiger partial charge < -0.3 is 10.6 Å². The number of nitrogens with one attached hydrogen (secondary N) is 2. The summed E-state index contributed by atoms with van der Waals surface area (Å²) in [6.07, 6.45) is 2.77. The largest absolute Gasteiger partial charge is 0.339 e. The first kappa shape index (κ1) is 15.9. The predicted molar refractivity (Wildman–Crippen MR) is 91.1 cm³/mol. The van der Waals surface area contributed by atoms with E-state index in [1.54, 1.807) is 24.3 Å². The van der Waals surface area contributed by atoms with Crippen molar-refractivity contribution in [1.82, 2.24) is 9.97 Å².